The summed E-state index contributed by atoms with van der Waals surface area (Å²) in [5.74, 6) is 0.793. The maximum atomic E-state index is 2.65. The van der Waals surface area contributed by atoms with E-state index in [2.05, 4.69) is 19.9 Å². The van der Waals surface area contributed by atoms with E-state index in [1.807, 2.05) is 0 Å². The van der Waals surface area contributed by atoms with Gasteiger partial charge in [0.1, 0.15) is 0 Å². The van der Waals surface area contributed by atoms with Crippen molar-refractivity contribution >= 4 is 0 Å². The second kappa shape index (κ2) is 3.48. The van der Waals surface area contributed by atoms with Crippen LogP contribution in [0.15, 0.2) is 11.6 Å². The summed E-state index contributed by atoms with van der Waals surface area (Å²) in [6, 6.07) is 0. The Bertz CT molecular complexity index is 204. The summed E-state index contributed by atoms with van der Waals surface area (Å²) in [5.41, 5.74) is 2.40. The smallest absolute Gasteiger partial charge is 0.0112 e. The molecule has 2 aliphatic carbocycles. The van der Waals surface area contributed by atoms with Gasteiger partial charge >= 0.3 is 0 Å². The van der Waals surface area contributed by atoms with Gasteiger partial charge in [-0.1, -0.05) is 44.8 Å². The van der Waals surface area contributed by atoms with Crippen molar-refractivity contribution in [3.8, 4) is 0 Å². The van der Waals surface area contributed by atoms with E-state index in [-0.39, 0.29) is 0 Å². The summed E-state index contributed by atoms with van der Waals surface area (Å²) >= 11 is 0. The number of allylic oxidation sites excluding steroid dienone is 2. The van der Waals surface area contributed by atoms with E-state index in [1.54, 1.807) is 5.57 Å². The molecule has 13 heavy (non-hydrogen) atoms. The van der Waals surface area contributed by atoms with Crippen molar-refractivity contribution in [1.29, 1.82) is 0 Å². The molecule has 0 atom stereocenters. The lowest BCUT2D eigenvalue weighted by molar-refractivity contribution is 0.254. The number of hydrogen-bond donors (Lipinski definition) is 0. The van der Waals surface area contributed by atoms with Crippen molar-refractivity contribution in [3.63, 3.8) is 0 Å². The van der Waals surface area contributed by atoms with Gasteiger partial charge in [0.15, 0.2) is 0 Å². The zero-order valence-corrected chi connectivity index (χ0v) is 9.10. The van der Waals surface area contributed by atoms with Gasteiger partial charge < -0.3 is 0 Å². The van der Waals surface area contributed by atoms with Crippen LogP contribution in [-0.2, 0) is 0 Å². The molecule has 2 aliphatic rings. The third kappa shape index (κ3) is 1.82. The highest BCUT2D eigenvalue weighted by Crippen LogP contribution is 2.48. The van der Waals surface area contributed by atoms with Gasteiger partial charge in [-0.05, 0) is 37.0 Å². The van der Waals surface area contributed by atoms with Crippen molar-refractivity contribution in [2.75, 3.05) is 0 Å². The summed E-state index contributed by atoms with van der Waals surface area (Å²) < 4.78 is 0. The highest BCUT2D eigenvalue weighted by molar-refractivity contribution is 5.19. The third-order valence-electron chi connectivity index (χ3n) is 3.99. The fourth-order valence-electron chi connectivity index (χ4n) is 3.04. The van der Waals surface area contributed by atoms with Crippen LogP contribution >= 0.6 is 0 Å². The van der Waals surface area contributed by atoms with E-state index in [9.17, 15) is 0 Å². The van der Waals surface area contributed by atoms with Crippen LogP contribution in [0.4, 0.5) is 0 Å². The van der Waals surface area contributed by atoms with Crippen molar-refractivity contribution in [1.82, 2.24) is 0 Å². The molecule has 0 N–H and O–H groups in total. The molecule has 1 fully saturated rings. The molecule has 0 radical (unpaired) electrons. The fourth-order valence-corrected chi connectivity index (χ4v) is 3.04. The molecule has 2 rings (SSSR count). The predicted octanol–water partition coefficient (Wildman–Crippen LogP) is 4.31. The standard InChI is InChI=1S/C13H22/c1-11(2)12-6-9-13(10-12)7-4-3-5-8-13/h10-11H,3-9H2,1-2H3. The number of hydrogen-bond acceptors (Lipinski definition) is 0. The van der Waals surface area contributed by atoms with Gasteiger partial charge in [-0.3, -0.25) is 0 Å². The second-order valence-electron chi connectivity index (χ2n) is 5.30. The third-order valence-corrected chi connectivity index (χ3v) is 3.99. The Morgan fingerprint density at radius 3 is 2.31 bits per heavy atom. The largest absolute Gasteiger partial charge is 0.0788 e. The van der Waals surface area contributed by atoms with Crippen LogP contribution in [0.1, 0.15) is 58.8 Å². The predicted molar refractivity (Wildman–Crippen MR) is 57.7 cm³/mol. The van der Waals surface area contributed by atoms with Crippen molar-refractivity contribution in [3.05, 3.63) is 11.6 Å². The van der Waals surface area contributed by atoms with Crippen LogP contribution in [-0.4, -0.2) is 0 Å². The zero-order valence-electron chi connectivity index (χ0n) is 9.10. The van der Waals surface area contributed by atoms with E-state index in [0.717, 1.165) is 5.92 Å². The van der Waals surface area contributed by atoms with E-state index < -0.39 is 0 Å². The molecule has 0 aromatic rings. The lowest BCUT2D eigenvalue weighted by Crippen LogP contribution is -2.18. The SMILES string of the molecule is CC(C)C1=CC2(CCCCC2)CC1. The first-order valence-corrected chi connectivity index (χ1v) is 5.93. The van der Waals surface area contributed by atoms with Crippen LogP contribution in [0.3, 0.4) is 0 Å². The summed E-state index contributed by atoms with van der Waals surface area (Å²) in [4.78, 5) is 0. The average Bonchev–Trinajstić information content (AvgIpc) is 2.51. The van der Waals surface area contributed by atoms with Crippen molar-refractivity contribution in [2.45, 2.75) is 58.8 Å². The van der Waals surface area contributed by atoms with Gasteiger partial charge in [0.05, 0.1) is 0 Å². The van der Waals surface area contributed by atoms with Crippen LogP contribution in [0.25, 0.3) is 0 Å². The van der Waals surface area contributed by atoms with Crippen LogP contribution in [0.2, 0.25) is 0 Å². The van der Waals surface area contributed by atoms with Gasteiger partial charge in [-0.15, -0.1) is 0 Å². The lowest BCUT2D eigenvalue weighted by atomic mass is 9.74. The second-order valence-corrected chi connectivity index (χ2v) is 5.30. The van der Waals surface area contributed by atoms with Crippen molar-refractivity contribution in [2.24, 2.45) is 11.3 Å². The summed E-state index contributed by atoms with van der Waals surface area (Å²) in [6.45, 7) is 4.68. The quantitative estimate of drug-likeness (QED) is 0.525. The molecule has 0 amide bonds. The van der Waals surface area contributed by atoms with E-state index in [4.69, 9.17) is 0 Å². The minimum Gasteiger partial charge on any atom is -0.0788 e. The average molecular weight is 178 g/mol. The molecule has 0 aromatic carbocycles. The molecular weight excluding hydrogens is 156 g/mol. The molecule has 74 valence electrons. The first kappa shape index (κ1) is 9.30. The van der Waals surface area contributed by atoms with Gasteiger partial charge in [-0.2, -0.15) is 0 Å². The minimum atomic E-state index is 0.665. The molecule has 1 saturated carbocycles. The molecule has 0 heterocycles. The molecule has 0 saturated heterocycles. The monoisotopic (exact) mass is 178 g/mol. The first-order valence-electron chi connectivity index (χ1n) is 5.93. The molecule has 0 unspecified atom stereocenters. The molecular formula is C13H22. The topological polar surface area (TPSA) is 0 Å². The molecule has 0 heteroatoms. The first-order chi connectivity index (χ1) is 6.22. The Morgan fingerprint density at radius 1 is 1.08 bits per heavy atom. The number of rotatable bonds is 1. The Labute approximate surface area is 82.4 Å². The highest BCUT2D eigenvalue weighted by atomic mass is 14.4. The fraction of sp³-hybridized carbons (Fsp3) is 0.846. The summed E-state index contributed by atoms with van der Waals surface area (Å²) in [5, 5.41) is 0. The Hall–Kier alpha value is -0.260. The van der Waals surface area contributed by atoms with Gasteiger partial charge in [0.2, 0.25) is 0 Å². The summed E-state index contributed by atoms with van der Waals surface area (Å²) in [6.07, 6.45) is 12.9. The maximum absolute atomic E-state index is 2.65. The van der Waals surface area contributed by atoms with E-state index in [1.165, 1.54) is 44.9 Å². The van der Waals surface area contributed by atoms with Crippen LogP contribution in [0, 0.1) is 11.3 Å². The normalized spacial score (nSPS) is 26.8. The van der Waals surface area contributed by atoms with Crippen LogP contribution < -0.4 is 0 Å². The maximum Gasteiger partial charge on any atom is -0.0112 e. The van der Waals surface area contributed by atoms with Crippen LogP contribution in [0.5, 0.6) is 0 Å². The van der Waals surface area contributed by atoms with E-state index in [0.29, 0.717) is 5.41 Å². The Kier molecular flexibility index (Phi) is 2.49. The molecule has 0 bridgehead atoms. The molecule has 0 aliphatic heterocycles. The zero-order chi connectivity index (χ0) is 9.31. The van der Waals surface area contributed by atoms with E-state index >= 15 is 0 Å². The molecule has 0 aromatic heterocycles. The lowest BCUT2D eigenvalue weighted by Gasteiger charge is -2.31. The highest BCUT2D eigenvalue weighted by Gasteiger charge is 2.34. The molecule has 0 nitrogen and oxygen atoms in total. The Balaban J connectivity index is 2.08. The van der Waals surface area contributed by atoms with Gasteiger partial charge in [0.25, 0.3) is 0 Å². The van der Waals surface area contributed by atoms with Gasteiger partial charge in [-0.25, -0.2) is 0 Å². The van der Waals surface area contributed by atoms with Gasteiger partial charge in [0, 0.05) is 0 Å². The van der Waals surface area contributed by atoms with Crippen molar-refractivity contribution < 1.29 is 0 Å². The summed E-state index contributed by atoms with van der Waals surface area (Å²) in [7, 11) is 0. The molecule has 1 spiro atoms. The minimum absolute atomic E-state index is 0.665. The Morgan fingerprint density at radius 2 is 1.77 bits per heavy atom.